The smallest absolute Gasteiger partial charge is 0.338 e. The minimum atomic E-state index is -1.32. The van der Waals surface area contributed by atoms with Gasteiger partial charge in [0, 0.05) is 11.1 Å². The molecule has 1 aliphatic carbocycles. The average molecular weight is 265 g/mol. The fraction of sp³-hybridized carbons (Fsp3) is 0.429. The van der Waals surface area contributed by atoms with Gasteiger partial charge in [0.2, 0.25) is 5.91 Å². The molecule has 0 bridgehead atoms. The maximum Gasteiger partial charge on any atom is 0.338 e. The van der Waals surface area contributed by atoms with E-state index in [1.54, 1.807) is 0 Å². The van der Waals surface area contributed by atoms with Gasteiger partial charge in [-0.05, 0) is 31.0 Å². The van der Waals surface area contributed by atoms with E-state index in [9.17, 15) is 14.0 Å². The van der Waals surface area contributed by atoms with Crippen LogP contribution in [0.4, 0.5) is 10.1 Å². The Kier molecular flexibility index (Phi) is 3.55. The molecule has 1 aromatic rings. The van der Waals surface area contributed by atoms with Crippen molar-refractivity contribution in [3.63, 3.8) is 0 Å². The molecule has 1 saturated carbocycles. The Hall–Kier alpha value is -1.91. The zero-order valence-electron chi connectivity index (χ0n) is 10.7. The van der Waals surface area contributed by atoms with Crippen LogP contribution in [0.15, 0.2) is 18.2 Å². The molecule has 0 atom stereocenters. The van der Waals surface area contributed by atoms with E-state index in [0.717, 1.165) is 37.8 Å². The van der Waals surface area contributed by atoms with Crippen molar-refractivity contribution in [3.05, 3.63) is 29.6 Å². The van der Waals surface area contributed by atoms with Gasteiger partial charge in [0.05, 0.1) is 5.56 Å². The van der Waals surface area contributed by atoms with Gasteiger partial charge < -0.3 is 10.4 Å². The van der Waals surface area contributed by atoms with Gasteiger partial charge in [-0.1, -0.05) is 19.8 Å². The van der Waals surface area contributed by atoms with E-state index < -0.39 is 22.8 Å². The summed E-state index contributed by atoms with van der Waals surface area (Å²) in [4.78, 5) is 22.8. The van der Waals surface area contributed by atoms with Crippen molar-refractivity contribution in [1.82, 2.24) is 0 Å². The van der Waals surface area contributed by atoms with E-state index in [1.807, 2.05) is 6.92 Å². The van der Waals surface area contributed by atoms with Crippen LogP contribution < -0.4 is 5.32 Å². The molecule has 1 aliphatic rings. The van der Waals surface area contributed by atoms with Crippen molar-refractivity contribution in [2.45, 2.75) is 32.6 Å². The fourth-order valence-corrected chi connectivity index (χ4v) is 2.43. The van der Waals surface area contributed by atoms with Crippen molar-refractivity contribution in [2.24, 2.45) is 5.41 Å². The molecule has 2 rings (SSSR count). The minimum absolute atomic E-state index is 0.132. The van der Waals surface area contributed by atoms with Crippen LogP contribution in [0.3, 0.4) is 0 Å². The second-order valence-electron chi connectivity index (χ2n) is 5.22. The number of hydrogen-bond acceptors (Lipinski definition) is 2. The summed E-state index contributed by atoms with van der Waals surface area (Å²) in [6.45, 7) is 1.90. The SMILES string of the molecule is CC1(C(=O)Nc2ccc(C(=O)O)c(F)c2)CCCC1. The normalized spacial score (nSPS) is 17.2. The Balaban J connectivity index is 2.13. The molecule has 0 spiro atoms. The number of carboxylic acids is 1. The highest BCUT2D eigenvalue weighted by Crippen LogP contribution is 2.38. The first kappa shape index (κ1) is 13.5. The summed E-state index contributed by atoms with van der Waals surface area (Å²) >= 11 is 0. The average Bonchev–Trinajstić information content (AvgIpc) is 2.77. The third-order valence-corrected chi connectivity index (χ3v) is 3.71. The molecule has 0 saturated heterocycles. The molecule has 5 heteroatoms. The predicted octanol–water partition coefficient (Wildman–Crippen LogP) is 3.04. The van der Waals surface area contributed by atoms with E-state index in [0.29, 0.717) is 5.69 Å². The molecular formula is C14H16FNO3. The van der Waals surface area contributed by atoms with E-state index in [-0.39, 0.29) is 5.91 Å². The van der Waals surface area contributed by atoms with Gasteiger partial charge in [0.15, 0.2) is 0 Å². The van der Waals surface area contributed by atoms with Gasteiger partial charge in [0.25, 0.3) is 0 Å². The molecule has 102 valence electrons. The number of benzene rings is 1. The standard InChI is InChI=1S/C14H16FNO3/c1-14(6-2-3-7-14)13(19)16-9-4-5-10(12(17)18)11(15)8-9/h4-5,8H,2-3,6-7H2,1H3,(H,16,19)(H,17,18). The molecule has 0 unspecified atom stereocenters. The van der Waals surface area contributed by atoms with Crippen LogP contribution in [-0.2, 0) is 4.79 Å². The molecule has 0 aliphatic heterocycles. The lowest BCUT2D eigenvalue weighted by Crippen LogP contribution is -2.30. The van der Waals surface area contributed by atoms with Gasteiger partial charge in [-0.25, -0.2) is 9.18 Å². The quantitative estimate of drug-likeness (QED) is 0.882. The second kappa shape index (κ2) is 4.99. The topological polar surface area (TPSA) is 66.4 Å². The van der Waals surface area contributed by atoms with Crippen LogP contribution in [0.1, 0.15) is 43.0 Å². The van der Waals surface area contributed by atoms with E-state index in [1.165, 1.54) is 6.07 Å². The van der Waals surface area contributed by atoms with Crippen molar-refractivity contribution in [3.8, 4) is 0 Å². The zero-order valence-corrected chi connectivity index (χ0v) is 10.7. The Morgan fingerprint density at radius 3 is 2.47 bits per heavy atom. The Labute approximate surface area is 110 Å². The third-order valence-electron chi connectivity index (χ3n) is 3.71. The van der Waals surface area contributed by atoms with Crippen LogP contribution >= 0.6 is 0 Å². The first-order valence-corrected chi connectivity index (χ1v) is 6.27. The maximum absolute atomic E-state index is 13.5. The Bertz CT molecular complexity index is 521. The van der Waals surface area contributed by atoms with Crippen LogP contribution in [-0.4, -0.2) is 17.0 Å². The largest absolute Gasteiger partial charge is 0.478 e. The molecule has 0 aromatic heterocycles. The van der Waals surface area contributed by atoms with Gasteiger partial charge in [0.1, 0.15) is 5.82 Å². The minimum Gasteiger partial charge on any atom is -0.478 e. The number of nitrogens with one attached hydrogen (secondary N) is 1. The lowest BCUT2D eigenvalue weighted by atomic mass is 9.88. The number of halogens is 1. The van der Waals surface area contributed by atoms with E-state index in [2.05, 4.69) is 5.32 Å². The van der Waals surface area contributed by atoms with Crippen molar-refractivity contribution < 1.29 is 19.1 Å². The van der Waals surface area contributed by atoms with Crippen LogP contribution in [0.5, 0.6) is 0 Å². The molecule has 1 fully saturated rings. The highest BCUT2D eigenvalue weighted by Gasteiger charge is 2.36. The number of carboxylic acid groups (broad SMARTS) is 1. The van der Waals surface area contributed by atoms with Crippen molar-refractivity contribution in [2.75, 3.05) is 5.32 Å². The van der Waals surface area contributed by atoms with Gasteiger partial charge in [-0.2, -0.15) is 0 Å². The molecule has 19 heavy (non-hydrogen) atoms. The van der Waals surface area contributed by atoms with E-state index >= 15 is 0 Å². The maximum atomic E-state index is 13.5. The first-order valence-electron chi connectivity index (χ1n) is 6.27. The Morgan fingerprint density at radius 2 is 1.95 bits per heavy atom. The summed E-state index contributed by atoms with van der Waals surface area (Å²) in [5.41, 5.74) is -0.507. The summed E-state index contributed by atoms with van der Waals surface area (Å²) in [6, 6.07) is 3.60. The summed E-state index contributed by atoms with van der Waals surface area (Å²) in [7, 11) is 0. The van der Waals surface area contributed by atoms with Gasteiger partial charge >= 0.3 is 5.97 Å². The number of carbonyl (C=O) groups is 2. The summed E-state index contributed by atoms with van der Waals surface area (Å²) in [6.07, 6.45) is 3.70. The molecule has 0 heterocycles. The predicted molar refractivity (Wildman–Crippen MR) is 68.6 cm³/mol. The monoisotopic (exact) mass is 265 g/mol. The summed E-state index contributed by atoms with van der Waals surface area (Å²) in [5.74, 6) is -2.30. The second-order valence-corrected chi connectivity index (χ2v) is 5.22. The zero-order chi connectivity index (χ0) is 14.0. The molecule has 1 amide bonds. The Morgan fingerprint density at radius 1 is 1.32 bits per heavy atom. The first-order chi connectivity index (χ1) is 8.92. The number of carbonyl (C=O) groups excluding carboxylic acids is 1. The number of amides is 1. The highest BCUT2D eigenvalue weighted by atomic mass is 19.1. The van der Waals surface area contributed by atoms with Crippen LogP contribution in [0.25, 0.3) is 0 Å². The molecule has 2 N–H and O–H groups in total. The molecular weight excluding hydrogens is 249 g/mol. The summed E-state index contributed by atoms with van der Waals surface area (Å²) in [5, 5.41) is 11.4. The van der Waals surface area contributed by atoms with E-state index in [4.69, 9.17) is 5.11 Å². The molecule has 4 nitrogen and oxygen atoms in total. The van der Waals surface area contributed by atoms with Crippen molar-refractivity contribution >= 4 is 17.6 Å². The number of anilines is 1. The molecule has 0 radical (unpaired) electrons. The lowest BCUT2D eigenvalue weighted by molar-refractivity contribution is -0.124. The lowest BCUT2D eigenvalue weighted by Gasteiger charge is -2.22. The van der Waals surface area contributed by atoms with Crippen LogP contribution in [0, 0.1) is 11.2 Å². The molecule has 1 aromatic carbocycles. The summed E-state index contributed by atoms with van der Waals surface area (Å²) < 4.78 is 13.5. The van der Waals surface area contributed by atoms with Gasteiger partial charge in [-0.15, -0.1) is 0 Å². The fourth-order valence-electron chi connectivity index (χ4n) is 2.43. The highest BCUT2D eigenvalue weighted by molar-refractivity contribution is 5.96. The number of aromatic carboxylic acids is 1. The van der Waals surface area contributed by atoms with Crippen molar-refractivity contribution in [1.29, 1.82) is 0 Å². The van der Waals surface area contributed by atoms with Crippen LogP contribution in [0.2, 0.25) is 0 Å². The third kappa shape index (κ3) is 2.75. The van der Waals surface area contributed by atoms with Gasteiger partial charge in [-0.3, -0.25) is 4.79 Å². The number of rotatable bonds is 3. The number of hydrogen-bond donors (Lipinski definition) is 2.